The summed E-state index contributed by atoms with van der Waals surface area (Å²) in [7, 11) is -5.01. The number of phosphoric acid groups is 1. The van der Waals surface area contributed by atoms with Crippen LogP contribution in [0.3, 0.4) is 0 Å². The molecule has 55 heavy (non-hydrogen) atoms. The summed E-state index contributed by atoms with van der Waals surface area (Å²) >= 11 is 0. The highest BCUT2D eigenvalue weighted by atomic mass is 31.2. The summed E-state index contributed by atoms with van der Waals surface area (Å²) in [5.74, 6) is -0.482. The minimum atomic E-state index is -5.01. The van der Waals surface area contributed by atoms with Gasteiger partial charge in [0.25, 0.3) is 0 Å². The molecule has 0 bridgehead atoms. The van der Waals surface area contributed by atoms with E-state index in [2.05, 4.69) is 38.2 Å². The maximum atomic E-state index is 12.8. The van der Waals surface area contributed by atoms with Crippen LogP contribution >= 0.6 is 7.82 Å². The van der Waals surface area contributed by atoms with Gasteiger partial charge in [-0.3, -0.25) is 13.8 Å². The van der Waals surface area contributed by atoms with Crippen molar-refractivity contribution < 1.29 is 58.3 Å². The molecule has 0 amide bonds. The van der Waals surface area contributed by atoms with Crippen molar-refractivity contribution >= 4 is 13.8 Å². The lowest BCUT2D eigenvalue weighted by atomic mass is 9.85. The molecule has 12 nitrogen and oxygen atoms in total. The SMILES string of the molecule is CCCCCC/C=C\C/C=C\CCCCCCCCOCC(COP(=O)(O)OC1C(O)C(O)C(O)C(O)C1O)OC(=O)CCCCCCCCCCCCC. The van der Waals surface area contributed by atoms with Gasteiger partial charge in [-0.15, -0.1) is 0 Å². The van der Waals surface area contributed by atoms with Crippen molar-refractivity contribution in [2.75, 3.05) is 19.8 Å². The van der Waals surface area contributed by atoms with Crippen LogP contribution in [0.1, 0.15) is 174 Å². The summed E-state index contributed by atoms with van der Waals surface area (Å²) in [5.41, 5.74) is 0. The molecule has 1 aliphatic rings. The van der Waals surface area contributed by atoms with Gasteiger partial charge in [-0.25, -0.2) is 4.57 Å². The molecule has 0 saturated heterocycles. The van der Waals surface area contributed by atoms with Crippen molar-refractivity contribution in [2.24, 2.45) is 0 Å². The fourth-order valence-electron chi connectivity index (χ4n) is 6.56. The lowest BCUT2D eigenvalue weighted by Gasteiger charge is -2.41. The summed E-state index contributed by atoms with van der Waals surface area (Å²) in [5, 5.41) is 50.0. The number of hydrogen-bond donors (Lipinski definition) is 6. The molecular formula is C42H79O12P. The molecule has 6 N–H and O–H groups in total. The Hall–Kier alpha value is -1.18. The van der Waals surface area contributed by atoms with E-state index in [1.54, 1.807) is 0 Å². The van der Waals surface area contributed by atoms with Crippen LogP contribution in [0.15, 0.2) is 24.3 Å². The van der Waals surface area contributed by atoms with Crippen LogP contribution in [0.5, 0.6) is 0 Å². The molecule has 1 fully saturated rings. The number of ether oxygens (including phenoxy) is 2. The van der Waals surface area contributed by atoms with E-state index in [1.807, 2.05) is 0 Å². The zero-order valence-corrected chi connectivity index (χ0v) is 35.1. The van der Waals surface area contributed by atoms with Gasteiger partial charge < -0.3 is 39.9 Å². The molecule has 1 rings (SSSR count). The number of aliphatic hydroxyl groups excluding tert-OH is 5. The fraction of sp³-hybridized carbons (Fsp3) is 0.881. The number of allylic oxidation sites excluding steroid dienone is 4. The predicted molar refractivity (Wildman–Crippen MR) is 216 cm³/mol. The molecule has 0 aromatic rings. The number of unbranched alkanes of at least 4 members (excludes halogenated alkanes) is 20. The van der Waals surface area contributed by atoms with E-state index >= 15 is 0 Å². The average molecular weight is 807 g/mol. The van der Waals surface area contributed by atoms with Crippen molar-refractivity contribution in [3.63, 3.8) is 0 Å². The molecule has 13 heteroatoms. The standard InChI is InChI=1S/C42H79O12P/c1-3-5-7-9-11-13-15-16-17-18-19-20-22-24-26-28-30-32-51-33-35(53-36(43)31-29-27-25-23-21-14-12-10-8-6-4-2)34-52-55(49,50)54-42-40(47)38(45)37(44)39(46)41(42)48/h13,15,17-18,35,37-42,44-48H,3-12,14,16,19-34H2,1-2H3,(H,49,50)/b15-13-,18-17-. The first-order chi connectivity index (χ1) is 26.5. The number of carbonyl (C=O) groups excluding carboxylic acids is 1. The van der Waals surface area contributed by atoms with Gasteiger partial charge in [-0.05, 0) is 44.9 Å². The molecule has 6 atom stereocenters. The number of hydrogen-bond acceptors (Lipinski definition) is 11. The zero-order valence-electron chi connectivity index (χ0n) is 34.2. The van der Waals surface area contributed by atoms with Gasteiger partial charge in [-0.1, -0.05) is 147 Å². The number of carbonyl (C=O) groups is 1. The van der Waals surface area contributed by atoms with Gasteiger partial charge in [0.2, 0.25) is 0 Å². The molecule has 324 valence electrons. The first-order valence-corrected chi connectivity index (χ1v) is 23.2. The molecule has 6 unspecified atom stereocenters. The van der Waals surface area contributed by atoms with Crippen LogP contribution in [0.4, 0.5) is 0 Å². The van der Waals surface area contributed by atoms with E-state index < -0.39 is 63.1 Å². The van der Waals surface area contributed by atoms with E-state index in [-0.39, 0.29) is 13.0 Å². The van der Waals surface area contributed by atoms with Crippen LogP contribution in [-0.2, 0) is 27.9 Å². The largest absolute Gasteiger partial charge is 0.472 e. The molecule has 0 radical (unpaired) electrons. The maximum absolute atomic E-state index is 12.8. The molecule has 1 saturated carbocycles. The Morgan fingerprint density at radius 2 is 1.02 bits per heavy atom. The molecular weight excluding hydrogens is 727 g/mol. The Morgan fingerprint density at radius 1 is 0.582 bits per heavy atom. The van der Waals surface area contributed by atoms with Gasteiger partial charge in [0.15, 0.2) is 0 Å². The van der Waals surface area contributed by atoms with Crippen LogP contribution in [0.25, 0.3) is 0 Å². The van der Waals surface area contributed by atoms with Crippen molar-refractivity contribution in [2.45, 2.75) is 217 Å². The van der Waals surface area contributed by atoms with Crippen molar-refractivity contribution in [1.82, 2.24) is 0 Å². The van der Waals surface area contributed by atoms with E-state index in [4.69, 9.17) is 18.5 Å². The summed E-state index contributed by atoms with van der Waals surface area (Å²) in [4.78, 5) is 23.0. The number of phosphoric ester groups is 1. The fourth-order valence-corrected chi connectivity index (χ4v) is 7.53. The Kier molecular flexibility index (Phi) is 31.8. The number of aliphatic hydroxyl groups is 5. The normalized spacial score (nSPS) is 23.4. The Balaban J connectivity index is 2.42. The molecule has 0 aliphatic heterocycles. The second-order valence-electron chi connectivity index (χ2n) is 15.2. The second-order valence-corrected chi connectivity index (χ2v) is 16.6. The minimum Gasteiger partial charge on any atom is -0.457 e. The summed E-state index contributed by atoms with van der Waals surface area (Å²) in [6.45, 7) is 4.20. The molecule has 1 aliphatic carbocycles. The van der Waals surface area contributed by atoms with E-state index in [0.29, 0.717) is 13.0 Å². The first kappa shape index (κ1) is 51.8. The van der Waals surface area contributed by atoms with Crippen molar-refractivity contribution in [3.05, 3.63) is 24.3 Å². The topological polar surface area (TPSA) is 192 Å². The van der Waals surface area contributed by atoms with Gasteiger partial charge in [0.05, 0.1) is 13.2 Å². The maximum Gasteiger partial charge on any atom is 0.472 e. The number of rotatable bonds is 36. The van der Waals surface area contributed by atoms with Gasteiger partial charge in [-0.2, -0.15) is 0 Å². The summed E-state index contributed by atoms with van der Waals surface area (Å²) in [6.07, 6.45) is 23.9. The van der Waals surface area contributed by atoms with E-state index in [1.165, 1.54) is 89.9 Å². The van der Waals surface area contributed by atoms with Crippen LogP contribution in [0, 0.1) is 0 Å². The summed E-state index contributed by atoms with van der Waals surface area (Å²) in [6, 6.07) is 0. The summed E-state index contributed by atoms with van der Waals surface area (Å²) < 4.78 is 34.1. The third-order valence-electron chi connectivity index (χ3n) is 10.1. The smallest absolute Gasteiger partial charge is 0.457 e. The Labute approximate surface area is 332 Å². The highest BCUT2D eigenvalue weighted by molar-refractivity contribution is 7.47. The van der Waals surface area contributed by atoms with Crippen LogP contribution in [-0.4, -0.2) is 98.9 Å². The van der Waals surface area contributed by atoms with Gasteiger partial charge >= 0.3 is 13.8 Å². The van der Waals surface area contributed by atoms with Crippen LogP contribution in [0.2, 0.25) is 0 Å². The third kappa shape index (κ3) is 26.4. The van der Waals surface area contributed by atoms with Crippen molar-refractivity contribution in [3.8, 4) is 0 Å². The van der Waals surface area contributed by atoms with Crippen LogP contribution < -0.4 is 0 Å². The minimum absolute atomic E-state index is 0.0807. The molecule has 0 heterocycles. The first-order valence-electron chi connectivity index (χ1n) is 21.7. The quantitative estimate of drug-likeness (QED) is 0.0154. The Bertz CT molecular complexity index is 1010. The number of esters is 1. The average Bonchev–Trinajstić information content (AvgIpc) is 3.17. The highest BCUT2D eigenvalue weighted by Gasteiger charge is 2.51. The monoisotopic (exact) mass is 807 g/mol. The lowest BCUT2D eigenvalue weighted by molar-refractivity contribution is -0.220. The van der Waals surface area contributed by atoms with E-state index in [0.717, 1.165) is 57.8 Å². The molecule has 0 aromatic heterocycles. The van der Waals surface area contributed by atoms with Crippen molar-refractivity contribution in [1.29, 1.82) is 0 Å². The van der Waals surface area contributed by atoms with E-state index in [9.17, 15) is 39.8 Å². The highest BCUT2D eigenvalue weighted by Crippen LogP contribution is 2.47. The second kappa shape index (κ2) is 33.8. The zero-order chi connectivity index (χ0) is 40.6. The molecule has 0 spiro atoms. The third-order valence-corrected chi connectivity index (χ3v) is 11.1. The predicted octanol–water partition coefficient (Wildman–Crippen LogP) is 8.14. The van der Waals surface area contributed by atoms with Gasteiger partial charge in [0, 0.05) is 13.0 Å². The van der Waals surface area contributed by atoms with Gasteiger partial charge in [0.1, 0.15) is 42.7 Å². The lowest BCUT2D eigenvalue weighted by Crippen LogP contribution is -2.64. The molecule has 0 aromatic carbocycles. The Morgan fingerprint density at radius 3 is 1.55 bits per heavy atom.